The van der Waals surface area contributed by atoms with Crippen molar-refractivity contribution in [1.29, 1.82) is 0 Å². The molecular weight excluding hydrogens is 234 g/mol. The summed E-state index contributed by atoms with van der Waals surface area (Å²) >= 11 is 5.95. The molecule has 3 heteroatoms. The Hall–Kier alpha value is -0.570. The topological polar surface area (TPSA) is 23.5 Å². The number of benzene rings is 1. The summed E-state index contributed by atoms with van der Waals surface area (Å²) in [6, 6.07) is 7.89. The summed E-state index contributed by atoms with van der Waals surface area (Å²) in [5.41, 5.74) is 1.09. The first-order chi connectivity index (χ1) is 7.81. The number of aliphatic hydroxyl groups is 1. The third kappa shape index (κ3) is 4.66. The van der Waals surface area contributed by atoms with Crippen LogP contribution in [-0.2, 0) is 6.54 Å². The largest absolute Gasteiger partial charge is 0.393 e. The fourth-order valence-corrected chi connectivity index (χ4v) is 2.04. The normalized spacial score (nSPS) is 14.1. The van der Waals surface area contributed by atoms with Gasteiger partial charge in [0.05, 0.1) is 6.10 Å². The van der Waals surface area contributed by atoms with Gasteiger partial charge in [-0.1, -0.05) is 37.6 Å². The van der Waals surface area contributed by atoms with E-state index in [4.69, 9.17) is 11.6 Å². The standard InChI is InChI=1S/C14H22ClNO/c1-11(17)14(2,3)10-16(4)9-12-6-5-7-13(15)8-12/h5-8,11,17H,9-10H2,1-4H3. The Morgan fingerprint density at radius 2 is 2.06 bits per heavy atom. The van der Waals surface area contributed by atoms with Gasteiger partial charge in [0.1, 0.15) is 0 Å². The molecular formula is C14H22ClNO. The SMILES string of the molecule is CC(O)C(C)(C)CN(C)Cc1cccc(Cl)c1. The lowest BCUT2D eigenvalue weighted by atomic mass is 9.87. The van der Waals surface area contributed by atoms with Crippen molar-refractivity contribution in [2.45, 2.75) is 33.4 Å². The second kappa shape index (κ2) is 5.85. The highest BCUT2D eigenvalue weighted by Gasteiger charge is 2.25. The highest BCUT2D eigenvalue weighted by Crippen LogP contribution is 2.22. The molecule has 0 spiro atoms. The van der Waals surface area contributed by atoms with E-state index in [2.05, 4.69) is 31.9 Å². The van der Waals surface area contributed by atoms with Crippen molar-refractivity contribution >= 4 is 11.6 Å². The number of hydrogen-bond donors (Lipinski definition) is 1. The number of halogens is 1. The van der Waals surface area contributed by atoms with Crippen molar-refractivity contribution in [3.8, 4) is 0 Å². The minimum atomic E-state index is -0.315. The predicted octanol–water partition coefficient (Wildman–Crippen LogP) is 3.18. The van der Waals surface area contributed by atoms with Gasteiger partial charge < -0.3 is 10.0 Å². The molecule has 1 rings (SSSR count). The first kappa shape index (κ1) is 14.5. The summed E-state index contributed by atoms with van der Waals surface area (Å²) in [5, 5.41) is 10.5. The van der Waals surface area contributed by atoms with E-state index < -0.39 is 0 Å². The van der Waals surface area contributed by atoms with E-state index in [-0.39, 0.29) is 11.5 Å². The molecule has 0 saturated carbocycles. The second-order valence-corrected chi connectivity index (χ2v) is 5.90. The van der Waals surface area contributed by atoms with Gasteiger partial charge in [-0.05, 0) is 31.7 Å². The van der Waals surface area contributed by atoms with E-state index in [0.29, 0.717) is 0 Å². The zero-order valence-corrected chi connectivity index (χ0v) is 11.8. The van der Waals surface area contributed by atoms with Gasteiger partial charge in [-0.2, -0.15) is 0 Å². The zero-order chi connectivity index (χ0) is 13.1. The summed E-state index contributed by atoms with van der Waals surface area (Å²) in [7, 11) is 2.06. The third-order valence-electron chi connectivity index (χ3n) is 3.15. The van der Waals surface area contributed by atoms with Gasteiger partial charge in [0.15, 0.2) is 0 Å². The first-order valence-electron chi connectivity index (χ1n) is 5.92. The molecule has 0 fully saturated rings. The van der Waals surface area contributed by atoms with Crippen molar-refractivity contribution in [2.75, 3.05) is 13.6 Å². The number of rotatable bonds is 5. The van der Waals surface area contributed by atoms with Crippen molar-refractivity contribution in [3.63, 3.8) is 0 Å². The van der Waals surface area contributed by atoms with E-state index in [1.807, 2.05) is 25.1 Å². The molecule has 1 atom stereocenters. The Balaban J connectivity index is 2.58. The van der Waals surface area contributed by atoms with Gasteiger partial charge in [0.2, 0.25) is 0 Å². The van der Waals surface area contributed by atoms with E-state index in [1.165, 1.54) is 5.56 Å². The molecule has 2 nitrogen and oxygen atoms in total. The third-order valence-corrected chi connectivity index (χ3v) is 3.39. The average molecular weight is 256 g/mol. The van der Waals surface area contributed by atoms with Crippen molar-refractivity contribution < 1.29 is 5.11 Å². The number of hydrogen-bond acceptors (Lipinski definition) is 2. The van der Waals surface area contributed by atoms with Crippen LogP contribution in [0.4, 0.5) is 0 Å². The molecule has 17 heavy (non-hydrogen) atoms. The molecule has 1 unspecified atom stereocenters. The predicted molar refractivity (Wildman–Crippen MR) is 73.2 cm³/mol. The van der Waals surface area contributed by atoms with Crippen LogP contribution in [-0.4, -0.2) is 29.7 Å². The Bertz CT molecular complexity index is 363. The summed E-state index contributed by atoms with van der Waals surface area (Å²) in [6.45, 7) is 7.68. The maximum atomic E-state index is 9.69. The average Bonchev–Trinajstić information content (AvgIpc) is 2.15. The summed E-state index contributed by atoms with van der Waals surface area (Å²) in [5.74, 6) is 0. The van der Waals surface area contributed by atoms with Gasteiger partial charge in [0, 0.05) is 23.5 Å². The van der Waals surface area contributed by atoms with Crippen LogP contribution in [0.1, 0.15) is 26.3 Å². The summed E-state index contributed by atoms with van der Waals surface area (Å²) in [6.07, 6.45) is -0.315. The monoisotopic (exact) mass is 255 g/mol. The lowest BCUT2D eigenvalue weighted by molar-refractivity contribution is 0.0392. The highest BCUT2D eigenvalue weighted by atomic mass is 35.5. The van der Waals surface area contributed by atoms with Gasteiger partial charge in [-0.15, -0.1) is 0 Å². The zero-order valence-electron chi connectivity index (χ0n) is 11.1. The van der Waals surface area contributed by atoms with Gasteiger partial charge >= 0.3 is 0 Å². The summed E-state index contributed by atoms with van der Waals surface area (Å²) < 4.78 is 0. The molecule has 1 aromatic carbocycles. The van der Waals surface area contributed by atoms with Crippen molar-refractivity contribution in [1.82, 2.24) is 4.90 Å². The molecule has 1 N–H and O–H groups in total. The van der Waals surface area contributed by atoms with E-state index >= 15 is 0 Å². The fraction of sp³-hybridized carbons (Fsp3) is 0.571. The van der Waals surface area contributed by atoms with E-state index in [9.17, 15) is 5.11 Å². The molecule has 96 valence electrons. The molecule has 0 radical (unpaired) electrons. The van der Waals surface area contributed by atoms with Crippen LogP contribution in [0.15, 0.2) is 24.3 Å². The molecule has 0 aromatic heterocycles. The van der Waals surface area contributed by atoms with Crippen LogP contribution in [0.3, 0.4) is 0 Å². The van der Waals surface area contributed by atoms with E-state index in [1.54, 1.807) is 0 Å². The Morgan fingerprint density at radius 1 is 1.41 bits per heavy atom. The Labute approximate surface area is 109 Å². The Morgan fingerprint density at radius 3 is 2.59 bits per heavy atom. The molecule has 0 amide bonds. The van der Waals surface area contributed by atoms with Crippen LogP contribution >= 0.6 is 11.6 Å². The molecule has 1 aromatic rings. The quantitative estimate of drug-likeness (QED) is 0.874. The maximum absolute atomic E-state index is 9.69. The lowest BCUT2D eigenvalue weighted by Crippen LogP contribution is -2.38. The van der Waals surface area contributed by atoms with Gasteiger partial charge in [-0.25, -0.2) is 0 Å². The molecule has 0 heterocycles. The van der Waals surface area contributed by atoms with Crippen LogP contribution in [0.25, 0.3) is 0 Å². The first-order valence-corrected chi connectivity index (χ1v) is 6.30. The summed E-state index contributed by atoms with van der Waals surface area (Å²) in [4.78, 5) is 2.21. The lowest BCUT2D eigenvalue weighted by Gasteiger charge is -2.32. The molecule has 0 aliphatic carbocycles. The van der Waals surface area contributed by atoms with Gasteiger partial charge in [-0.3, -0.25) is 0 Å². The fourth-order valence-electron chi connectivity index (χ4n) is 1.83. The van der Waals surface area contributed by atoms with Gasteiger partial charge in [0.25, 0.3) is 0 Å². The maximum Gasteiger partial charge on any atom is 0.0575 e. The van der Waals surface area contributed by atoms with Crippen LogP contribution in [0, 0.1) is 5.41 Å². The highest BCUT2D eigenvalue weighted by molar-refractivity contribution is 6.30. The number of nitrogens with zero attached hydrogens (tertiary/aromatic N) is 1. The molecule has 0 aliphatic rings. The number of aliphatic hydroxyl groups excluding tert-OH is 1. The van der Waals surface area contributed by atoms with Crippen molar-refractivity contribution in [2.24, 2.45) is 5.41 Å². The second-order valence-electron chi connectivity index (χ2n) is 5.47. The molecule has 0 saturated heterocycles. The minimum absolute atomic E-state index is 0.104. The smallest absolute Gasteiger partial charge is 0.0575 e. The molecule has 0 aliphatic heterocycles. The van der Waals surface area contributed by atoms with Crippen LogP contribution in [0.5, 0.6) is 0 Å². The minimum Gasteiger partial charge on any atom is -0.393 e. The molecule has 0 bridgehead atoms. The van der Waals surface area contributed by atoms with Crippen LogP contribution < -0.4 is 0 Å². The van der Waals surface area contributed by atoms with Crippen LogP contribution in [0.2, 0.25) is 5.02 Å². The Kier molecular flexibility index (Phi) is 4.99. The van der Waals surface area contributed by atoms with E-state index in [0.717, 1.165) is 18.1 Å². The van der Waals surface area contributed by atoms with Crippen molar-refractivity contribution in [3.05, 3.63) is 34.9 Å².